The lowest BCUT2D eigenvalue weighted by Gasteiger charge is -2.14. The van der Waals surface area contributed by atoms with Crippen LogP contribution in [0.3, 0.4) is 0 Å². The van der Waals surface area contributed by atoms with Crippen LogP contribution in [0.5, 0.6) is 11.5 Å². The fourth-order valence-corrected chi connectivity index (χ4v) is 4.52. The summed E-state index contributed by atoms with van der Waals surface area (Å²) in [5.74, 6) is 0.860. The molecule has 0 aliphatic carbocycles. The maximum atomic E-state index is 13.2. The van der Waals surface area contributed by atoms with Gasteiger partial charge >= 0.3 is 0 Å². The van der Waals surface area contributed by atoms with Gasteiger partial charge in [-0.1, -0.05) is 47.7 Å². The smallest absolute Gasteiger partial charge is 0.270 e. The van der Waals surface area contributed by atoms with Crippen molar-refractivity contribution in [3.05, 3.63) is 94.1 Å². The molecule has 33 heavy (non-hydrogen) atoms. The molecular formula is C25H19ClFNO3S2. The molecule has 0 aromatic heterocycles. The van der Waals surface area contributed by atoms with Crippen molar-refractivity contribution in [3.8, 4) is 11.5 Å². The molecule has 0 unspecified atom stereocenters. The van der Waals surface area contributed by atoms with Crippen molar-refractivity contribution >= 4 is 57.6 Å². The fourth-order valence-electron chi connectivity index (χ4n) is 3.10. The molecule has 168 valence electrons. The Kier molecular flexibility index (Phi) is 7.65. The van der Waals surface area contributed by atoms with Crippen molar-refractivity contribution < 1.29 is 18.7 Å². The highest BCUT2D eigenvalue weighted by molar-refractivity contribution is 8.27. The average molecular weight is 500 g/mol. The van der Waals surface area contributed by atoms with Crippen LogP contribution >= 0.6 is 35.6 Å². The highest BCUT2D eigenvalue weighted by Gasteiger charge is 2.33. The molecule has 3 aromatic rings. The SMILES string of the molecule is O=C1C(=Cc2cccc(OCCCOc3ccc(Cl)cc3)c2)SC(=S)N1c1ccc(F)cc1. The summed E-state index contributed by atoms with van der Waals surface area (Å²) in [4.78, 5) is 14.8. The number of carbonyl (C=O) groups excluding carboxylic acids is 1. The standard InChI is InChI=1S/C25H19ClFNO3S2/c26-18-5-11-21(12-6-18)30-13-2-14-31-22-4-1-3-17(15-22)16-23-24(29)28(25(32)33-23)20-9-7-19(27)8-10-20/h1,3-12,15-16H,2,13-14H2. The Morgan fingerprint density at radius 1 is 0.970 bits per heavy atom. The zero-order valence-electron chi connectivity index (χ0n) is 17.4. The van der Waals surface area contributed by atoms with E-state index in [1.807, 2.05) is 36.4 Å². The average Bonchev–Trinajstić information content (AvgIpc) is 3.08. The maximum Gasteiger partial charge on any atom is 0.270 e. The van der Waals surface area contributed by atoms with Gasteiger partial charge in [0.05, 0.1) is 23.8 Å². The van der Waals surface area contributed by atoms with Crippen LogP contribution in [0.25, 0.3) is 6.08 Å². The molecule has 0 bridgehead atoms. The summed E-state index contributed by atoms with van der Waals surface area (Å²) in [6, 6.07) is 20.4. The summed E-state index contributed by atoms with van der Waals surface area (Å²) in [5, 5.41) is 0.670. The molecule has 4 nitrogen and oxygen atoms in total. The Morgan fingerprint density at radius 2 is 1.67 bits per heavy atom. The van der Waals surface area contributed by atoms with Gasteiger partial charge in [-0.3, -0.25) is 9.69 Å². The minimum absolute atomic E-state index is 0.234. The number of hydrogen-bond donors (Lipinski definition) is 0. The van der Waals surface area contributed by atoms with Crippen LogP contribution in [-0.2, 0) is 4.79 Å². The van der Waals surface area contributed by atoms with Gasteiger partial charge in [-0.15, -0.1) is 0 Å². The first kappa shape index (κ1) is 23.3. The molecule has 0 saturated carbocycles. The van der Waals surface area contributed by atoms with E-state index in [0.29, 0.717) is 45.3 Å². The second-order valence-corrected chi connectivity index (χ2v) is 9.18. The first-order valence-electron chi connectivity index (χ1n) is 10.1. The van der Waals surface area contributed by atoms with E-state index in [9.17, 15) is 9.18 Å². The molecule has 0 radical (unpaired) electrons. The van der Waals surface area contributed by atoms with E-state index in [1.54, 1.807) is 18.2 Å². The summed E-state index contributed by atoms with van der Waals surface area (Å²) in [6.07, 6.45) is 2.49. The first-order valence-corrected chi connectivity index (χ1v) is 11.7. The molecule has 1 amide bonds. The third-order valence-corrected chi connectivity index (χ3v) is 6.23. The Morgan fingerprint density at radius 3 is 2.39 bits per heavy atom. The molecule has 1 saturated heterocycles. The van der Waals surface area contributed by atoms with Gasteiger partial charge in [-0.05, 0) is 72.3 Å². The molecule has 0 atom stereocenters. The molecule has 3 aromatic carbocycles. The zero-order valence-corrected chi connectivity index (χ0v) is 19.8. The number of amides is 1. The number of thioether (sulfide) groups is 1. The summed E-state index contributed by atoms with van der Waals surface area (Å²) in [7, 11) is 0. The van der Waals surface area contributed by atoms with Crippen LogP contribution < -0.4 is 14.4 Å². The number of halogens is 2. The van der Waals surface area contributed by atoms with Crippen LogP contribution in [0.1, 0.15) is 12.0 Å². The van der Waals surface area contributed by atoms with Crippen molar-refractivity contribution in [2.75, 3.05) is 18.1 Å². The number of rotatable bonds is 8. The van der Waals surface area contributed by atoms with Crippen LogP contribution in [-0.4, -0.2) is 23.4 Å². The number of anilines is 1. The topological polar surface area (TPSA) is 38.8 Å². The van der Waals surface area contributed by atoms with Gasteiger partial charge in [0.1, 0.15) is 17.3 Å². The number of carbonyl (C=O) groups is 1. The van der Waals surface area contributed by atoms with Crippen LogP contribution in [0, 0.1) is 5.82 Å². The molecule has 1 heterocycles. The maximum absolute atomic E-state index is 13.2. The van der Waals surface area contributed by atoms with E-state index in [1.165, 1.54) is 40.9 Å². The zero-order chi connectivity index (χ0) is 23.2. The molecule has 1 aliphatic heterocycles. The van der Waals surface area contributed by atoms with Gasteiger partial charge in [0, 0.05) is 11.4 Å². The van der Waals surface area contributed by atoms with Crippen molar-refractivity contribution in [2.45, 2.75) is 6.42 Å². The Labute approximate surface area is 206 Å². The Bertz CT molecular complexity index is 1180. The predicted molar refractivity (Wildman–Crippen MR) is 136 cm³/mol. The molecule has 0 spiro atoms. The van der Waals surface area contributed by atoms with E-state index in [0.717, 1.165) is 11.3 Å². The number of ether oxygens (including phenoxy) is 2. The van der Waals surface area contributed by atoms with Gasteiger partial charge in [0.2, 0.25) is 0 Å². The lowest BCUT2D eigenvalue weighted by Crippen LogP contribution is -2.27. The number of thiocarbonyl (C=S) groups is 1. The van der Waals surface area contributed by atoms with Crippen molar-refractivity contribution in [1.29, 1.82) is 0 Å². The Hall–Kier alpha value is -2.87. The molecular weight excluding hydrogens is 481 g/mol. The normalized spacial score (nSPS) is 14.7. The molecule has 1 aliphatic rings. The van der Waals surface area contributed by atoms with Gasteiger partial charge in [0.25, 0.3) is 5.91 Å². The summed E-state index contributed by atoms with van der Waals surface area (Å²) >= 11 is 12.4. The highest BCUT2D eigenvalue weighted by atomic mass is 35.5. The molecule has 1 fully saturated rings. The minimum atomic E-state index is -0.368. The minimum Gasteiger partial charge on any atom is -0.493 e. The van der Waals surface area contributed by atoms with Crippen LogP contribution in [0.2, 0.25) is 5.02 Å². The largest absolute Gasteiger partial charge is 0.493 e. The first-order chi connectivity index (χ1) is 16.0. The van der Waals surface area contributed by atoms with Gasteiger partial charge in [-0.2, -0.15) is 0 Å². The number of benzene rings is 3. The van der Waals surface area contributed by atoms with Crippen molar-refractivity contribution in [1.82, 2.24) is 0 Å². The highest BCUT2D eigenvalue weighted by Crippen LogP contribution is 2.36. The van der Waals surface area contributed by atoms with Crippen LogP contribution in [0.4, 0.5) is 10.1 Å². The monoisotopic (exact) mass is 499 g/mol. The third-order valence-electron chi connectivity index (χ3n) is 4.67. The van der Waals surface area contributed by atoms with Crippen LogP contribution in [0.15, 0.2) is 77.7 Å². The van der Waals surface area contributed by atoms with E-state index in [2.05, 4.69) is 0 Å². The lowest BCUT2D eigenvalue weighted by molar-refractivity contribution is -0.113. The lowest BCUT2D eigenvalue weighted by atomic mass is 10.2. The van der Waals surface area contributed by atoms with E-state index >= 15 is 0 Å². The summed E-state index contributed by atoms with van der Waals surface area (Å²) in [5.41, 5.74) is 1.37. The van der Waals surface area contributed by atoms with E-state index in [4.69, 9.17) is 33.3 Å². The van der Waals surface area contributed by atoms with E-state index < -0.39 is 0 Å². The molecule has 4 rings (SSSR count). The fraction of sp³-hybridized carbons (Fsp3) is 0.120. The van der Waals surface area contributed by atoms with Crippen molar-refractivity contribution in [2.24, 2.45) is 0 Å². The van der Waals surface area contributed by atoms with Gasteiger partial charge < -0.3 is 9.47 Å². The Balaban J connectivity index is 1.33. The number of nitrogens with zero attached hydrogens (tertiary/aromatic N) is 1. The van der Waals surface area contributed by atoms with Crippen molar-refractivity contribution in [3.63, 3.8) is 0 Å². The quantitative estimate of drug-likeness (QED) is 0.195. The second kappa shape index (κ2) is 10.8. The second-order valence-electron chi connectivity index (χ2n) is 7.07. The summed E-state index contributed by atoms with van der Waals surface area (Å²) in [6.45, 7) is 1.01. The van der Waals surface area contributed by atoms with E-state index in [-0.39, 0.29) is 11.7 Å². The summed E-state index contributed by atoms with van der Waals surface area (Å²) < 4.78 is 25.1. The van der Waals surface area contributed by atoms with Gasteiger partial charge in [-0.25, -0.2) is 4.39 Å². The predicted octanol–water partition coefficient (Wildman–Crippen LogP) is 6.73. The van der Waals surface area contributed by atoms with Gasteiger partial charge in [0.15, 0.2) is 4.32 Å². The molecule has 8 heteroatoms. The molecule has 0 N–H and O–H groups in total. The third kappa shape index (κ3) is 6.13. The number of hydrogen-bond acceptors (Lipinski definition) is 5.